The Morgan fingerprint density at radius 1 is 1.21 bits per heavy atom. The van der Waals surface area contributed by atoms with E-state index >= 15 is 0 Å². The van der Waals surface area contributed by atoms with Crippen LogP contribution in [0.15, 0.2) is 28.7 Å². The average Bonchev–Trinajstić information content (AvgIpc) is 2.62. The lowest BCUT2D eigenvalue weighted by atomic mass is 9.94. The molecule has 2 nitrogen and oxygen atoms in total. The van der Waals surface area contributed by atoms with Crippen LogP contribution in [0, 0.1) is 0 Å². The van der Waals surface area contributed by atoms with Crippen molar-refractivity contribution in [3.8, 4) is 0 Å². The first-order valence-corrected chi connectivity index (χ1v) is 8.34. The highest BCUT2D eigenvalue weighted by molar-refractivity contribution is 9.10. The summed E-state index contributed by atoms with van der Waals surface area (Å²) >= 11 is 3.58. The zero-order chi connectivity index (χ0) is 13.1. The van der Waals surface area contributed by atoms with Gasteiger partial charge in [-0.2, -0.15) is 0 Å². The zero-order valence-corrected chi connectivity index (χ0v) is 13.0. The number of piperidine rings is 1. The molecule has 2 saturated heterocycles. The highest BCUT2D eigenvalue weighted by atomic mass is 79.9. The Balaban J connectivity index is 1.73. The second-order valence-corrected chi connectivity index (χ2v) is 6.78. The Labute approximate surface area is 124 Å². The summed E-state index contributed by atoms with van der Waals surface area (Å²) in [5, 5.41) is 3.74. The van der Waals surface area contributed by atoms with E-state index < -0.39 is 0 Å². The lowest BCUT2D eigenvalue weighted by Gasteiger charge is -2.39. The monoisotopic (exact) mass is 322 g/mol. The Bertz CT molecular complexity index is 421. The summed E-state index contributed by atoms with van der Waals surface area (Å²) in [5.41, 5.74) is 1.43. The van der Waals surface area contributed by atoms with Crippen LogP contribution in [0.3, 0.4) is 0 Å². The van der Waals surface area contributed by atoms with Gasteiger partial charge in [-0.05, 0) is 56.5 Å². The Morgan fingerprint density at radius 2 is 2.16 bits per heavy atom. The van der Waals surface area contributed by atoms with Gasteiger partial charge in [-0.1, -0.05) is 34.5 Å². The topological polar surface area (TPSA) is 15.3 Å². The Hall–Kier alpha value is -0.380. The van der Waals surface area contributed by atoms with E-state index in [-0.39, 0.29) is 0 Å². The number of halogens is 1. The molecule has 2 aliphatic heterocycles. The van der Waals surface area contributed by atoms with Gasteiger partial charge >= 0.3 is 0 Å². The largest absolute Gasteiger partial charge is 0.312 e. The molecule has 19 heavy (non-hydrogen) atoms. The van der Waals surface area contributed by atoms with Crippen molar-refractivity contribution in [1.82, 2.24) is 10.2 Å². The third-order valence-electron chi connectivity index (χ3n) is 4.50. The van der Waals surface area contributed by atoms with Crippen molar-refractivity contribution in [2.75, 3.05) is 13.1 Å². The Morgan fingerprint density at radius 3 is 3.05 bits per heavy atom. The van der Waals surface area contributed by atoms with E-state index in [0.29, 0.717) is 0 Å². The summed E-state index contributed by atoms with van der Waals surface area (Å²) < 4.78 is 1.19. The first-order chi connectivity index (χ1) is 9.33. The number of hydrogen-bond donors (Lipinski definition) is 1. The molecule has 1 aromatic carbocycles. The van der Waals surface area contributed by atoms with Crippen molar-refractivity contribution in [2.24, 2.45) is 0 Å². The standard InChI is InChI=1S/C16H23BrN2/c17-14-6-3-5-13(11-14)12-19-10-2-1-7-15-16(19)8-4-9-18-15/h3,5-6,11,15-16,18H,1-2,4,7-10,12H2/t15-,16-/m1/s1. The van der Waals surface area contributed by atoms with E-state index in [1.807, 2.05) is 0 Å². The molecular weight excluding hydrogens is 300 g/mol. The van der Waals surface area contributed by atoms with Crippen LogP contribution in [0.25, 0.3) is 0 Å². The van der Waals surface area contributed by atoms with Gasteiger partial charge in [0.15, 0.2) is 0 Å². The van der Waals surface area contributed by atoms with Gasteiger partial charge in [0, 0.05) is 23.1 Å². The first-order valence-electron chi connectivity index (χ1n) is 7.55. The third kappa shape index (κ3) is 3.39. The smallest absolute Gasteiger partial charge is 0.0253 e. The lowest BCUT2D eigenvalue weighted by molar-refractivity contribution is 0.132. The molecular formula is C16H23BrN2. The average molecular weight is 323 g/mol. The molecule has 3 heteroatoms. The number of rotatable bonds is 2. The van der Waals surface area contributed by atoms with Gasteiger partial charge in [0.1, 0.15) is 0 Å². The lowest BCUT2D eigenvalue weighted by Crippen LogP contribution is -2.52. The molecule has 0 radical (unpaired) electrons. The number of nitrogens with zero attached hydrogens (tertiary/aromatic N) is 1. The molecule has 1 N–H and O–H groups in total. The van der Waals surface area contributed by atoms with Crippen LogP contribution >= 0.6 is 15.9 Å². The summed E-state index contributed by atoms with van der Waals surface area (Å²) in [5.74, 6) is 0. The van der Waals surface area contributed by atoms with Crippen LogP contribution in [-0.2, 0) is 6.54 Å². The second-order valence-electron chi connectivity index (χ2n) is 5.87. The van der Waals surface area contributed by atoms with Crippen molar-refractivity contribution >= 4 is 15.9 Å². The number of hydrogen-bond acceptors (Lipinski definition) is 2. The maximum Gasteiger partial charge on any atom is 0.0253 e. The summed E-state index contributed by atoms with van der Waals surface area (Å²) in [4.78, 5) is 2.71. The van der Waals surface area contributed by atoms with Crippen LogP contribution in [0.2, 0.25) is 0 Å². The zero-order valence-electron chi connectivity index (χ0n) is 11.4. The molecule has 104 valence electrons. The van der Waals surface area contributed by atoms with Gasteiger partial charge in [0.05, 0.1) is 0 Å². The van der Waals surface area contributed by atoms with Gasteiger partial charge in [0.25, 0.3) is 0 Å². The summed E-state index contributed by atoms with van der Waals surface area (Å²) in [6.07, 6.45) is 6.79. The van der Waals surface area contributed by atoms with Crippen LogP contribution in [0.4, 0.5) is 0 Å². The number of nitrogens with one attached hydrogen (secondary N) is 1. The maximum absolute atomic E-state index is 3.74. The van der Waals surface area contributed by atoms with Crippen molar-refractivity contribution in [3.63, 3.8) is 0 Å². The van der Waals surface area contributed by atoms with Crippen molar-refractivity contribution < 1.29 is 0 Å². The van der Waals surface area contributed by atoms with E-state index in [4.69, 9.17) is 0 Å². The minimum Gasteiger partial charge on any atom is -0.312 e. The van der Waals surface area contributed by atoms with Crippen molar-refractivity contribution in [1.29, 1.82) is 0 Å². The number of fused-ring (bicyclic) bond motifs is 1. The summed E-state index contributed by atoms with van der Waals surface area (Å²) in [7, 11) is 0. The van der Waals surface area contributed by atoms with Crippen LogP contribution in [0.5, 0.6) is 0 Å². The highest BCUT2D eigenvalue weighted by Crippen LogP contribution is 2.26. The fourth-order valence-electron chi connectivity index (χ4n) is 3.58. The quantitative estimate of drug-likeness (QED) is 0.895. The third-order valence-corrected chi connectivity index (χ3v) is 5.00. The summed E-state index contributed by atoms with van der Waals surface area (Å²) in [6, 6.07) is 10.2. The molecule has 2 atom stereocenters. The molecule has 0 aromatic heterocycles. The van der Waals surface area contributed by atoms with Gasteiger partial charge in [-0.25, -0.2) is 0 Å². The van der Waals surface area contributed by atoms with E-state index in [1.165, 1.54) is 55.2 Å². The SMILES string of the molecule is Brc1cccc(CN2CCCC[C@H]3NCCC[C@H]32)c1. The van der Waals surface area contributed by atoms with E-state index in [0.717, 1.165) is 18.6 Å². The first kappa shape index (κ1) is 13.6. The van der Waals surface area contributed by atoms with Crippen molar-refractivity contribution in [3.05, 3.63) is 34.3 Å². The molecule has 2 fully saturated rings. The van der Waals surface area contributed by atoms with Gasteiger partial charge in [-0.15, -0.1) is 0 Å². The molecule has 1 aromatic rings. The van der Waals surface area contributed by atoms with Gasteiger partial charge in [0.2, 0.25) is 0 Å². The highest BCUT2D eigenvalue weighted by Gasteiger charge is 2.31. The fourth-order valence-corrected chi connectivity index (χ4v) is 4.03. The van der Waals surface area contributed by atoms with Crippen LogP contribution < -0.4 is 5.32 Å². The predicted octanol–water partition coefficient (Wildman–Crippen LogP) is 3.56. The van der Waals surface area contributed by atoms with E-state index in [9.17, 15) is 0 Å². The van der Waals surface area contributed by atoms with E-state index in [1.54, 1.807) is 0 Å². The minimum atomic E-state index is 0.725. The predicted molar refractivity (Wildman–Crippen MR) is 83.2 cm³/mol. The fraction of sp³-hybridized carbons (Fsp3) is 0.625. The molecule has 0 aliphatic carbocycles. The molecule has 0 spiro atoms. The maximum atomic E-state index is 3.74. The molecule has 0 saturated carbocycles. The normalized spacial score (nSPS) is 28.7. The molecule has 0 amide bonds. The van der Waals surface area contributed by atoms with Gasteiger partial charge in [-0.3, -0.25) is 4.90 Å². The Kier molecular flexibility index (Phi) is 4.57. The van der Waals surface area contributed by atoms with Crippen molar-refractivity contribution in [2.45, 2.75) is 50.7 Å². The second kappa shape index (κ2) is 6.38. The van der Waals surface area contributed by atoms with Gasteiger partial charge < -0.3 is 5.32 Å². The molecule has 3 rings (SSSR count). The van der Waals surface area contributed by atoms with E-state index in [2.05, 4.69) is 50.4 Å². The number of likely N-dealkylation sites (tertiary alicyclic amines) is 1. The summed E-state index contributed by atoms with van der Waals surface area (Å²) in [6.45, 7) is 3.57. The number of benzene rings is 1. The molecule has 0 bridgehead atoms. The minimum absolute atomic E-state index is 0.725. The van der Waals surface area contributed by atoms with Crippen LogP contribution in [-0.4, -0.2) is 30.1 Å². The van der Waals surface area contributed by atoms with Crippen LogP contribution in [0.1, 0.15) is 37.7 Å². The molecule has 0 unspecified atom stereocenters. The molecule has 2 aliphatic rings. The molecule has 2 heterocycles.